The molecule has 0 aliphatic carbocycles. The number of aryl methyl sites for hydroxylation is 1. The molecule has 7 nitrogen and oxygen atoms in total. The highest BCUT2D eigenvalue weighted by Gasteiger charge is 2.25. The van der Waals surface area contributed by atoms with E-state index >= 15 is 0 Å². The first-order chi connectivity index (χ1) is 12.3. The first kappa shape index (κ1) is 20.5. The van der Waals surface area contributed by atoms with Crippen LogP contribution in [-0.4, -0.2) is 67.8 Å². The predicted octanol–water partition coefficient (Wildman–Crippen LogP) is 1.89. The molecule has 1 fully saturated rings. The fraction of sp³-hybridized carbons (Fsp3) is 0.684. The van der Waals surface area contributed by atoms with Crippen LogP contribution in [0.25, 0.3) is 0 Å². The molecule has 1 aliphatic heterocycles. The van der Waals surface area contributed by atoms with Crippen LogP contribution in [0.4, 0.5) is 0 Å². The molecular weight excluding hydrogens is 334 g/mol. The van der Waals surface area contributed by atoms with Gasteiger partial charge in [-0.25, -0.2) is 4.79 Å². The fourth-order valence-corrected chi connectivity index (χ4v) is 3.53. The molecule has 1 atom stereocenters. The van der Waals surface area contributed by atoms with Crippen LogP contribution in [0.2, 0.25) is 0 Å². The van der Waals surface area contributed by atoms with E-state index in [1.54, 1.807) is 13.8 Å². The van der Waals surface area contributed by atoms with Crippen molar-refractivity contribution in [2.75, 3.05) is 40.0 Å². The number of nitrogens with one attached hydrogen (secondary N) is 2. The van der Waals surface area contributed by atoms with Crippen LogP contribution in [0.1, 0.15) is 52.4 Å². The highest BCUT2D eigenvalue weighted by molar-refractivity contribution is 6.00. The van der Waals surface area contributed by atoms with Gasteiger partial charge in [0.25, 0.3) is 5.91 Å². The Labute approximate surface area is 155 Å². The summed E-state index contributed by atoms with van der Waals surface area (Å²) >= 11 is 0. The van der Waals surface area contributed by atoms with Crippen molar-refractivity contribution in [3.8, 4) is 0 Å². The van der Waals surface area contributed by atoms with Crippen molar-refractivity contribution in [2.24, 2.45) is 5.92 Å². The van der Waals surface area contributed by atoms with Crippen LogP contribution in [0.15, 0.2) is 0 Å². The van der Waals surface area contributed by atoms with Gasteiger partial charge in [-0.15, -0.1) is 0 Å². The Bertz CT molecular complexity index is 633. The van der Waals surface area contributed by atoms with E-state index < -0.39 is 5.97 Å². The van der Waals surface area contributed by atoms with Crippen LogP contribution < -0.4 is 5.32 Å². The van der Waals surface area contributed by atoms with Crippen molar-refractivity contribution in [3.05, 3.63) is 22.5 Å². The second-order valence-corrected chi connectivity index (χ2v) is 7.26. The van der Waals surface area contributed by atoms with Gasteiger partial charge in [-0.2, -0.15) is 0 Å². The lowest BCUT2D eigenvalue weighted by Gasteiger charge is -2.35. The van der Waals surface area contributed by atoms with Crippen molar-refractivity contribution in [1.82, 2.24) is 15.2 Å². The summed E-state index contributed by atoms with van der Waals surface area (Å²) < 4.78 is 10.2. The Balaban J connectivity index is 2.06. The summed E-state index contributed by atoms with van der Waals surface area (Å²) in [5.41, 5.74) is 2.13. The normalized spacial score (nSPS) is 16.5. The van der Waals surface area contributed by atoms with Gasteiger partial charge in [0.2, 0.25) is 0 Å². The molecule has 146 valence electrons. The number of aromatic nitrogens is 1. The second kappa shape index (κ2) is 9.19. The van der Waals surface area contributed by atoms with Gasteiger partial charge in [0.1, 0.15) is 5.69 Å². The molecule has 2 rings (SSSR count). The van der Waals surface area contributed by atoms with Gasteiger partial charge < -0.3 is 19.8 Å². The van der Waals surface area contributed by atoms with Gasteiger partial charge in [-0.3, -0.25) is 9.69 Å². The zero-order valence-electron chi connectivity index (χ0n) is 16.5. The van der Waals surface area contributed by atoms with Gasteiger partial charge >= 0.3 is 5.97 Å². The number of hydrogen-bond donors (Lipinski definition) is 2. The van der Waals surface area contributed by atoms with Crippen LogP contribution in [0, 0.1) is 19.8 Å². The van der Waals surface area contributed by atoms with Crippen molar-refractivity contribution in [2.45, 2.75) is 40.2 Å². The Morgan fingerprint density at radius 2 is 1.92 bits per heavy atom. The summed E-state index contributed by atoms with van der Waals surface area (Å²) in [6.45, 7) is 11.7. The average molecular weight is 365 g/mol. The van der Waals surface area contributed by atoms with Crippen molar-refractivity contribution < 1.29 is 19.1 Å². The quantitative estimate of drug-likeness (QED) is 0.721. The number of esters is 1. The number of morpholine rings is 1. The number of methoxy groups -OCH3 is 1. The second-order valence-electron chi connectivity index (χ2n) is 7.26. The SMILES string of the molecule is COC(=O)c1c(C)[nH]c(C(=O)NC[C@H](CC(C)C)N2CCOCC2)c1C. The number of carbonyl (C=O) groups excluding carboxylic acids is 2. The number of aromatic amines is 1. The predicted molar refractivity (Wildman–Crippen MR) is 99.6 cm³/mol. The summed E-state index contributed by atoms with van der Waals surface area (Å²) in [7, 11) is 1.34. The molecule has 0 saturated carbocycles. The first-order valence-corrected chi connectivity index (χ1v) is 9.22. The monoisotopic (exact) mass is 365 g/mol. The van der Waals surface area contributed by atoms with Gasteiger partial charge in [0.15, 0.2) is 0 Å². The number of nitrogens with zero attached hydrogens (tertiary/aromatic N) is 1. The molecule has 2 N–H and O–H groups in total. The Hall–Kier alpha value is -1.86. The van der Waals surface area contributed by atoms with Crippen molar-refractivity contribution >= 4 is 11.9 Å². The summed E-state index contributed by atoms with van der Waals surface area (Å²) in [6.07, 6.45) is 1.01. The minimum atomic E-state index is -0.429. The molecule has 1 aromatic rings. The molecule has 1 saturated heterocycles. The molecule has 26 heavy (non-hydrogen) atoms. The third-order valence-corrected chi connectivity index (χ3v) is 4.86. The van der Waals surface area contributed by atoms with E-state index in [9.17, 15) is 9.59 Å². The number of hydrogen-bond acceptors (Lipinski definition) is 5. The molecule has 0 spiro atoms. The molecule has 7 heteroatoms. The lowest BCUT2D eigenvalue weighted by molar-refractivity contribution is 0.0124. The van der Waals surface area contributed by atoms with Crippen molar-refractivity contribution in [1.29, 1.82) is 0 Å². The molecule has 1 aliphatic rings. The average Bonchev–Trinajstić information content (AvgIpc) is 2.92. The fourth-order valence-electron chi connectivity index (χ4n) is 3.53. The first-order valence-electron chi connectivity index (χ1n) is 9.22. The van der Waals surface area contributed by atoms with Gasteiger partial charge in [-0.1, -0.05) is 13.8 Å². The number of amides is 1. The number of ether oxygens (including phenoxy) is 2. The van der Waals surface area contributed by atoms with Crippen LogP contribution >= 0.6 is 0 Å². The lowest BCUT2D eigenvalue weighted by Crippen LogP contribution is -2.49. The van der Waals surface area contributed by atoms with E-state index in [1.807, 2.05) is 0 Å². The van der Waals surface area contributed by atoms with Crippen LogP contribution in [0.3, 0.4) is 0 Å². The summed E-state index contributed by atoms with van der Waals surface area (Å²) in [5, 5.41) is 3.04. The van der Waals surface area contributed by atoms with E-state index in [0.717, 1.165) is 32.7 Å². The molecule has 0 aromatic carbocycles. The Morgan fingerprint density at radius 3 is 2.50 bits per heavy atom. The zero-order valence-corrected chi connectivity index (χ0v) is 16.5. The number of H-pyrrole nitrogens is 1. The molecule has 1 aromatic heterocycles. The maximum atomic E-state index is 12.7. The summed E-state index contributed by atoms with van der Waals surface area (Å²) in [6, 6.07) is 0.277. The standard InChI is InChI=1S/C19H31N3O4/c1-12(2)10-15(22-6-8-26-9-7-22)11-20-18(23)17-13(3)16(14(4)21-17)19(24)25-5/h12,15,21H,6-11H2,1-5H3,(H,20,23)/t15-/m0/s1. The van der Waals surface area contributed by atoms with E-state index in [1.165, 1.54) is 7.11 Å². The largest absolute Gasteiger partial charge is 0.465 e. The third-order valence-electron chi connectivity index (χ3n) is 4.86. The van der Waals surface area contributed by atoms with Gasteiger partial charge in [0.05, 0.1) is 25.9 Å². The maximum Gasteiger partial charge on any atom is 0.339 e. The Morgan fingerprint density at radius 1 is 1.27 bits per heavy atom. The van der Waals surface area contributed by atoms with E-state index in [4.69, 9.17) is 9.47 Å². The van der Waals surface area contributed by atoms with Gasteiger partial charge in [-0.05, 0) is 31.7 Å². The van der Waals surface area contributed by atoms with Gasteiger partial charge in [0, 0.05) is 31.4 Å². The van der Waals surface area contributed by atoms with Crippen LogP contribution in [-0.2, 0) is 9.47 Å². The maximum absolute atomic E-state index is 12.7. The summed E-state index contributed by atoms with van der Waals surface area (Å²) in [4.78, 5) is 30.0. The number of rotatable bonds is 7. The van der Waals surface area contributed by atoms with E-state index in [0.29, 0.717) is 35.0 Å². The highest BCUT2D eigenvalue weighted by atomic mass is 16.5. The topological polar surface area (TPSA) is 83.7 Å². The third kappa shape index (κ3) is 4.86. The zero-order chi connectivity index (χ0) is 19.3. The molecule has 0 radical (unpaired) electrons. The van der Waals surface area contributed by atoms with E-state index in [-0.39, 0.29) is 11.9 Å². The molecular formula is C19H31N3O4. The molecule has 2 heterocycles. The smallest absolute Gasteiger partial charge is 0.339 e. The number of carbonyl (C=O) groups is 2. The lowest BCUT2D eigenvalue weighted by atomic mass is 10.0. The van der Waals surface area contributed by atoms with Crippen molar-refractivity contribution in [3.63, 3.8) is 0 Å². The van der Waals surface area contributed by atoms with Crippen LogP contribution in [0.5, 0.6) is 0 Å². The molecule has 0 bridgehead atoms. The molecule has 0 unspecified atom stereocenters. The summed E-state index contributed by atoms with van der Waals surface area (Å²) in [5.74, 6) is -0.0794. The minimum Gasteiger partial charge on any atom is -0.465 e. The molecule has 1 amide bonds. The highest BCUT2D eigenvalue weighted by Crippen LogP contribution is 2.19. The van der Waals surface area contributed by atoms with E-state index in [2.05, 4.69) is 29.0 Å². The Kier molecular flexibility index (Phi) is 7.23. The minimum absolute atomic E-state index is 0.192.